The predicted octanol–water partition coefficient (Wildman–Crippen LogP) is 1.98. The Balaban J connectivity index is 1.70. The summed E-state index contributed by atoms with van der Waals surface area (Å²) in [5.74, 6) is -2.19. The topological polar surface area (TPSA) is 84.5 Å². The molecule has 0 aliphatic heterocycles. The molecule has 26 heavy (non-hydrogen) atoms. The lowest BCUT2D eigenvalue weighted by molar-refractivity contribution is -0.147. The van der Waals surface area contributed by atoms with Gasteiger partial charge in [-0.15, -0.1) is 0 Å². The predicted molar refractivity (Wildman–Crippen MR) is 92.7 cm³/mol. The number of esters is 1. The van der Waals surface area contributed by atoms with Gasteiger partial charge >= 0.3 is 5.97 Å². The summed E-state index contributed by atoms with van der Waals surface area (Å²) >= 11 is 0. The summed E-state index contributed by atoms with van der Waals surface area (Å²) in [5.41, 5.74) is 1.15. The molecule has 2 aromatic rings. The zero-order valence-electron chi connectivity index (χ0n) is 14.2. The molecule has 0 spiro atoms. The van der Waals surface area contributed by atoms with Crippen molar-refractivity contribution >= 4 is 17.8 Å². The van der Waals surface area contributed by atoms with Crippen LogP contribution in [0.4, 0.5) is 4.39 Å². The maximum atomic E-state index is 12.8. The smallest absolute Gasteiger partial charge is 0.325 e. The third-order valence-corrected chi connectivity index (χ3v) is 3.54. The molecule has 0 aliphatic rings. The van der Waals surface area contributed by atoms with E-state index >= 15 is 0 Å². The minimum Gasteiger partial charge on any atom is -0.454 e. The van der Waals surface area contributed by atoms with Crippen LogP contribution in [-0.2, 0) is 14.3 Å². The van der Waals surface area contributed by atoms with E-state index < -0.39 is 36.8 Å². The van der Waals surface area contributed by atoms with Gasteiger partial charge in [0.1, 0.15) is 12.4 Å². The lowest BCUT2D eigenvalue weighted by atomic mass is 10.1. The van der Waals surface area contributed by atoms with Gasteiger partial charge in [0.2, 0.25) is 0 Å². The van der Waals surface area contributed by atoms with Crippen molar-refractivity contribution in [2.45, 2.75) is 13.0 Å². The largest absolute Gasteiger partial charge is 0.454 e. The van der Waals surface area contributed by atoms with Gasteiger partial charge in [-0.1, -0.05) is 30.3 Å². The standard InChI is InChI=1S/C19H19FN2O4/c1-13(14-5-3-2-4-6-14)22-17(23)12-26-18(24)11-21-19(25)15-7-9-16(20)10-8-15/h2-10,13H,11-12H2,1H3,(H,21,25)(H,22,23)/t13-/m0/s1. The van der Waals surface area contributed by atoms with E-state index in [1.807, 2.05) is 37.3 Å². The molecule has 0 unspecified atom stereocenters. The first-order chi connectivity index (χ1) is 12.5. The second-order valence-corrected chi connectivity index (χ2v) is 5.55. The monoisotopic (exact) mass is 358 g/mol. The molecule has 0 aliphatic carbocycles. The number of hydrogen-bond acceptors (Lipinski definition) is 4. The summed E-state index contributed by atoms with van der Waals surface area (Å²) in [7, 11) is 0. The van der Waals surface area contributed by atoms with Gasteiger partial charge in [-0.05, 0) is 36.8 Å². The second-order valence-electron chi connectivity index (χ2n) is 5.55. The highest BCUT2D eigenvalue weighted by atomic mass is 19.1. The minimum atomic E-state index is -0.747. The summed E-state index contributed by atoms with van der Waals surface area (Å²) in [5, 5.41) is 5.05. The number of amides is 2. The maximum Gasteiger partial charge on any atom is 0.325 e. The molecule has 6 nitrogen and oxygen atoms in total. The summed E-state index contributed by atoms with van der Waals surface area (Å²) in [6.07, 6.45) is 0. The summed E-state index contributed by atoms with van der Waals surface area (Å²) in [6.45, 7) is 0.984. The highest BCUT2D eigenvalue weighted by Crippen LogP contribution is 2.10. The van der Waals surface area contributed by atoms with Gasteiger partial charge in [-0.3, -0.25) is 14.4 Å². The lowest BCUT2D eigenvalue weighted by Crippen LogP contribution is -2.34. The zero-order valence-corrected chi connectivity index (χ0v) is 14.2. The van der Waals surface area contributed by atoms with Crippen LogP contribution in [0.15, 0.2) is 54.6 Å². The Morgan fingerprint density at radius 3 is 2.35 bits per heavy atom. The van der Waals surface area contributed by atoms with E-state index in [2.05, 4.69) is 10.6 Å². The van der Waals surface area contributed by atoms with E-state index in [9.17, 15) is 18.8 Å². The fraction of sp³-hybridized carbons (Fsp3) is 0.211. The molecule has 0 radical (unpaired) electrons. The number of ether oxygens (including phenoxy) is 1. The normalized spacial score (nSPS) is 11.3. The number of hydrogen-bond donors (Lipinski definition) is 2. The van der Waals surface area contributed by atoms with Crippen molar-refractivity contribution in [3.05, 3.63) is 71.5 Å². The molecular weight excluding hydrogens is 339 g/mol. The van der Waals surface area contributed by atoms with Crippen molar-refractivity contribution in [3.63, 3.8) is 0 Å². The molecule has 0 fully saturated rings. The van der Waals surface area contributed by atoms with Crippen LogP contribution in [0.2, 0.25) is 0 Å². The van der Waals surface area contributed by atoms with Gasteiger partial charge in [0, 0.05) is 5.56 Å². The molecule has 0 heterocycles. The SMILES string of the molecule is C[C@H](NC(=O)COC(=O)CNC(=O)c1ccc(F)cc1)c1ccccc1. The van der Waals surface area contributed by atoms with Crippen LogP contribution in [0, 0.1) is 5.82 Å². The molecule has 2 aromatic carbocycles. The molecular formula is C19H19FN2O4. The third kappa shape index (κ3) is 6.01. The highest BCUT2D eigenvalue weighted by Gasteiger charge is 2.13. The number of nitrogens with one attached hydrogen (secondary N) is 2. The molecule has 7 heteroatoms. The van der Waals surface area contributed by atoms with Crippen LogP contribution in [0.25, 0.3) is 0 Å². The third-order valence-electron chi connectivity index (χ3n) is 3.54. The van der Waals surface area contributed by atoms with E-state index in [0.717, 1.165) is 17.7 Å². The molecule has 1 atom stereocenters. The Labute approximate surface area is 150 Å². The van der Waals surface area contributed by atoms with Crippen molar-refractivity contribution in [1.29, 1.82) is 0 Å². The Kier molecular flexibility index (Phi) is 6.84. The zero-order chi connectivity index (χ0) is 18.9. The molecule has 0 bridgehead atoms. The summed E-state index contributed by atoms with van der Waals surface area (Å²) in [6, 6.07) is 14.0. The minimum absolute atomic E-state index is 0.216. The summed E-state index contributed by atoms with van der Waals surface area (Å²) < 4.78 is 17.6. The van der Waals surface area contributed by atoms with Crippen molar-refractivity contribution in [1.82, 2.24) is 10.6 Å². The second kappa shape index (κ2) is 9.31. The van der Waals surface area contributed by atoms with Crippen LogP contribution in [0.5, 0.6) is 0 Å². The number of halogens is 1. The lowest BCUT2D eigenvalue weighted by Gasteiger charge is -2.14. The van der Waals surface area contributed by atoms with E-state index in [4.69, 9.17) is 4.74 Å². The molecule has 2 N–H and O–H groups in total. The van der Waals surface area contributed by atoms with Gasteiger partial charge in [-0.2, -0.15) is 0 Å². The molecule has 0 saturated heterocycles. The first-order valence-corrected chi connectivity index (χ1v) is 7.99. The van der Waals surface area contributed by atoms with Gasteiger partial charge in [0.15, 0.2) is 6.61 Å². The van der Waals surface area contributed by atoms with Crippen LogP contribution in [-0.4, -0.2) is 30.9 Å². The van der Waals surface area contributed by atoms with Crippen molar-refractivity contribution in [2.24, 2.45) is 0 Å². The van der Waals surface area contributed by atoms with E-state index in [-0.39, 0.29) is 11.6 Å². The average molecular weight is 358 g/mol. The van der Waals surface area contributed by atoms with Crippen LogP contribution in [0.3, 0.4) is 0 Å². The van der Waals surface area contributed by atoms with Crippen molar-refractivity contribution in [3.8, 4) is 0 Å². The average Bonchev–Trinajstić information content (AvgIpc) is 2.65. The Morgan fingerprint density at radius 2 is 1.69 bits per heavy atom. The van der Waals surface area contributed by atoms with Gasteiger partial charge in [0.05, 0.1) is 6.04 Å². The fourth-order valence-corrected chi connectivity index (χ4v) is 2.16. The van der Waals surface area contributed by atoms with Crippen molar-refractivity contribution < 1.29 is 23.5 Å². The molecule has 0 saturated carbocycles. The van der Waals surface area contributed by atoms with Crippen molar-refractivity contribution in [2.75, 3.05) is 13.2 Å². The van der Waals surface area contributed by atoms with E-state index in [1.165, 1.54) is 12.1 Å². The van der Waals surface area contributed by atoms with Crippen LogP contribution in [0.1, 0.15) is 28.9 Å². The van der Waals surface area contributed by atoms with Gasteiger partial charge < -0.3 is 15.4 Å². The Morgan fingerprint density at radius 1 is 1.04 bits per heavy atom. The number of carbonyl (C=O) groups excluding carboxylic acids is 3. The van der Waals surface area contributed by atoms with Crippen LogP contribution < -0.4 is 10.6 Å². The Hall–Kier alpha value is -3.22. The molecule has 0 aromatic heterocycles. The molecule has 2 rings (SSSR count). The van der Waals surface area contributed by atoms with Gasteiger partial charge in [0.25, 0.3) is 11.8 Å². The quantitative estimate of drug-likeness (QED) is 0.741. The first-order valence-electron chi connectivity index (χ1n) is 7.99. The highest BCUT2D eigenvalue weighted by molar-refractivity contribution is 5.96. The maximum absolute atomic E-state index is 12.8. The van der Waals surface area contributed by atoms with E-state index in [1.54, 1.807) is 0 Å². The van der Waals surface area contributed by atoms with E-state index in [0.29, 0.717) is 0 Å². The van der Waals surface area contributed by atoms with Crippen LogP contribution >= 0.6 is 0 Å². The number of carbonyl (C=O) groups is 3. The molecule has 136 valence electrons. The van der Waals surface area contributed by atoms with Gasteiger partial charge in [-0.25, -0.2) is 4.39 Å². The first kappa shape index (κ1) is 19.1. The number of rotatable bonds is 7. The Bertz CT molecular complexity index is 763. The molecule has 2 amide bonds. The summed E-state index contributed by atoms with van der Waals surface area (Å²) in [4.78, 5) is 35.2. The number of benzene rings is 2. The fourth-order valence-electron chi connectivity index (χ4n) is 2.16.